The number of halogens is 2. The molecule has 1 atom stereocenters. The van der Waals surface area contributed by atoms with Crippen LogP contribution in [0.3, 0.4) is 0 Å². The van der Waals surface area contributed by atoms with E-state index < -0.39 is 24.6 Å². The van der Waals surface area contributed by atoms with Crippen LogP contribution in [-0.2, 0) is 9.53 Å². The van der Waals surface area contributed by atoms with Gasteiger partial charge in [-0.1, -0.05) is 6.07 Å². The number of hydrogen-bond acceptors (Lipinski definition) is 5. The molecular formula is C19H19F2NO5. The zero-order valence-corrected chi connectivity index (χ0v) is 15.0. The van der Waals surface area contributed by atoms with E-state index in [-0.39, 0.29) is 11.3 Å². The van der Waals surface area contributed by atoms with Gasteiger partial charge in [0, 0.05) is 0 Å². The number of alkyl halides is 2. The van der Waals surface area contributed by atoms with Gasteiger partial charge in [-0.25, -0.2) is 4.79 Å². The third-order valence-corrected chi connectivity index (χ3v) is 3.58. The summed E-state index contributed by atoms with van der Waals surface area (Å²) in [5.41, 5.74) is 1.48. The lowest BCUT2D eigenvalue weighted by molar-refractivity contribution is -0.123. The van der Waals surface area contributed by atoms with Crippen molar-refractivity contribution in [1.82, 2.24) is 0 Å². The second-order valence-corrected chi connectivity index (χ2v) is 5.64. The molecule has 0 saturated carbocycles. The number of rotatable bonds is 7. The SMILES string of the molecule is COc1ccc(C)cc1NC(=O)[C@@H](C)OC(=O)c1ccc(OC(F)F)cc1. The first-order chi connectivity index (χ1) is 12.8. The van der Waals surface area contributed by atoms with E-state index in [1.54, 1.807) is 12.1 Å². The Morgan fingerprint density at radius 3 is 2.33 bits per heavy atom. The van der Waals surface area contributed by atoms with Crippen LogP contribution in [0, 0.1) is 6.92 Å². The van der Waals surface area contributed by atoms with Gasteiger partial charge in [0.25, 0.3) is 5.91 Å². The molecule has 0 aliphatic carbocycles. The van der Waals surface area contributed by atoms with Gasteiger partial charge < -0.3 is 19.5 Å². The second kappa shape index (κ2) is 8.98. The molecule has 0 aliphatic rings. The summed E-state index contributed by atoms with van der Waals surface area (Å²) in [5.74, 6) is -0.914. The summed E-state index contributed by atoms with van der Waals surface area (Å²) in [4.78, 5) is 24.4. The number of methoxy groups -OCH3 is 1. The van der Waals surface area contributed by atoms with Gasteiger partial charge in [-0.15, -0.1) is 0 Å². The van der Waals surface area contributed by atoms with Crippen LogP contribution >= 0.6 is 0 Å². The Balaban J connectivity index is 1.99. The lowest BCUT2D eigenvalue weighted by Crippen LogP contribution is -2.30. The van der Waals surface area contributed by atoms with Gasteiger partial charge in [-0.3, -0.25) is 4.79 Å². The number of anilines is 1. The van der Waals surface area contributed by atoms with E-state index >= 15 is 0 Å². The van der Waals surface area contributed by atoms with E-state index in [2.05, 4.69) is 10.1 Å². The van der Waals surface area contributed by atoms with Crippen LogP contribution in [0.5, 0.6) is 11.5 Å². The van der Waals surface area contributed by atoms with Crippen molar-refractivity contribution in [3.05, 3.63) is 53.6 Å². The normalized spacial score (nSPS) is 11.6. The van der Waals surface area contributed by atoms with Gasteiger partial charge in [0.05, 0.1) is 18.4 Å². The van der Waals surface area contributed by atoms with Crippen molar-refractivity contribution < 1.29 is 32.6 Å². The van der Waals surface area contributed by atoms with Gasteiger partial charge in [0.2, 0.25) is 0 Å². The predicted molar refractivity (Wildman–Crippen MR) is 94.3 cm³/mol. The highest BCUT2D eigenvalue weighted by molar-refractivity contribution is 5.98. The molecule has 0 aromatic heterocycles. The first-order valence-electron chi connectivity index (χ1n) is 8.01. The smallest absolute Gasteiger partial charge is 0.387 e. The van der Waals surface area contributed by atoms with Crippen molar-refractivity contribution in [3.63, 3.8) is 0 Å². The van der Waals surface area contributed by atoms with Crippen LogP contribution in [0.15, 0.2) is 42.5 Å². The van der Waals surface area contributed by atoms with Crippen LogP contribution in [0.1, 0.15) is 22.8 Å². The zero-order valence-electron chi connectivity index (χ0n) is 15.0. The number of carbonyl (C=O) groups excluding carboxylic acids is 2. The van der Waals surface area contributed by atoms with Crippen molar-refractivity contribution in [2.45, 2.75) is 26.6 Å². The third kappa shape index (κ3) is 5.67. The molecule has 1 N–H and O–H groups in total. The molecule has 0 heterocycles. The van der Waals surface area contributed by atoms with Gasteiger partial charge in [-0.05, 0) is 55.8 Å². The Hall–Kier alpha value is -3.16. The number of esters is 1. The van der Waals surface area contributed by atoms with E-state index in [0.29, 0.717) is 11.4 Å². The maximum atomic E-state index is 12.3. The van der Waals surface area contributed by atoms with E-state index in [9.17, 15) is 18.4 Å². The summed E-state index contributed by atoms with van der Waals surface area (Å²) in [6, 6.07) is 10.2. The molecule has 2 aromatic carbocycles. The van der Waals surface area contributed by atoms with Crippen LogP contribution in [-0.4, -0.2) is 31.7 Å². The number of aryl methyl sites for hydroxylation is 1. The molecule has 0 saturated heterocycles. The summed E-state index contributed by atoms with van der Waals surface area (Å²) in [5, 5.41) is 2.65. The first-order valence-corrected chi connectivity index (χ1v) is 8.01. The van der Waals surface area contributed by atoms with Gasteiger partial charge in [-0.2, -0.15) is 8.78 Å². The van der Waals surface area contributed by atoms with Gasteiger partial charge >= 0.3 is 12.6 Å². The van der Waals surface area contributed by atoms with Gasteiger partial charge in [0.1, 0.15) is 11.5 Å². The number of ether oxygens (including phenoxy) is 3. The Kier molecular flexibility index (Phi) is 6.70. The fourth-order valence-electron chi connectivity index (χ4n) is 2.21. The minimum absolute atomic E-state index is 0.0844. The summed E-state index contributed by atoms with van der Waals surface area (Å²) >= 11 is 0. The van der Waals surface area contributed by atoms with Crippen molar-refractivity contribution in [2.24, 2.45) is 0 Å². The van der Waals surface area contributed by atoms with Crippen molar-refractivity contribution in [3.8, 4) is 11.5 Å². The number of benzene rings is 2. The standard InChI is InChI=1S/C19H19F2NO5/c1-11-4-9-16(25-3)15(10-11)22-17(23)12(2)26-18(24)13-5-7-14(8-6-13)27-19(20)21/h4-10,12,19H,1-3H3,(H,22,23)/t12-/m1/s1. The Morgan fingerprint density at radius 2 is 1.74 bits per heavy atom. The van der Waals surface area contributed by atoms with Crippen LogP contribution in [0.2, 0.25) is 0 Å². The Bertz CT molecular complexity index is 808. The number of hydrogen-bond donors (Lipinski definition) is 1. The number of amides is 1. The fourth-order valence-corrected chi connectivity index (χ4v) is 2.21. The van der Waals surface area contributed by atoms with E-state index in [0.717, 1.165) is 5.56 Å². The molecule has 1 amide bonds. The highest BCUT2D eigenvalue weighted by atomic mass is 19.3. The predicted octanol–water partition coefficient (Wildman–Crippen LogP) is 3.79. The minimum Gasteiger partial charge on any atom is -0.495 e. The molecular weight excluding hydrogens is 360 g/mol. The fraction of sp³-hybridized carbons (Fsp3) is 0.263. The average Bonchev–Trinajstić information content (AvgIpc) is 2.61. The summed E-state index contributed by atoms with van der Waals surface area (Å²) < 4.78 is 38.8. The Morgan fingerprint density at radius 1 is 1.07 bits per heavy atom. The van der Waals surface area contributed by atoms with Gasteiger partial charge in [0.15, 0.2) is 6.10 Å². The molecule has 0 radical (unpaired) electrons. The molecule has 0 aliphatic heterocycles. The van der Waals surface area contributed by atoms with Crippen molar-refractivity contribution in [1.29, 1.82) is 0 Å². The second-order valence-electron chi connectivity index (χ2n) is 5.64. The topological polar surface area (TPSA) is 73.9 Å². The van der Waals surface area contributed by atoms with Crippen LogP contribution in [0.25, 0.3) is 0 Å². The molecule has 2 rings (SSSR count). The lowest BCUT2D eigenvalue weighted by atomic mass is 10.2. The average molecular weight is 379 g/mol. The van der Waals surface area contributed by atoms with E-state index in [1.165, 1.54) is 38.3 Å². The maximum absolute atomic E-state index is 12.3. The van der Waals surface area contributed by atoms with Crippen molar-refractivity contribution >= 4 is 17.6 Å². The molecule has 8 heteroatoms. The molecule has 0 bridgehead atoms. The van der Waals surface area contributed by atoms with Crippen LogP contribution < -0.4 is 14.8 Å². The highest BCUT2D eigenvalue weighted by Crippen LogP contribution is 2.25. The maximum Gasteiger partial charge on any atom is 0.387 e. The molecule has 144 valence electrons. The molecule has 0 unspecified atom stereocenters. The molecule has 0 fully saturated rings. The lowest BCUT2D eigenvalue weighted by Gasteiger charge is -2.15. The number of carbonyl (C=O) groups is 2. The third-order valence-electron chi connectivity index (χ3n) is 3.58. The first kappa shape index (κ1) is 20.2. The molecule has 2 aromatic rings. The summed E-state index contributed by atoms with van der Waals surface area (Å²) in [6.07, 6.45) is -1.08. The number of nitrogens with one attached hydrogen (secondary N) is 1. The molecule has 27 heavy (non-hydrogen) atoms. The minimum atomic E-state index is -2.95. The zero-order chi connectivity index (χ0) is 20.0. The summed E-state index contributed by atoms with van der Waals surface area (Å²) in [6.45, 7) is 0.328. The highest BCUT2D eigenvalue weighted by Gasteiger charge is 2.20. The quantitative estimate of drug-likeness (QED) is 0.741. The van der Waals surface area contributed by atoms with E-state index in [1.807, 2.05) is 13.0 Å². The summed E-state index contributed by atoms with van der Waals surface area (Å²) in [7, 11) is 1.48. The molecule has 0 spiro atoms. The van der Waals surface area contributed by atoms with E-state index in [4.69, 9.17) is 9.47 Å². The van der Waals surface area contributed by atoms with Crippen molar-refractivity contribution in [2.75, 3.05) is 12.4 Å². The van der Waals surface area contributed by atoms with Crippen LogP contribution in [0.4, 0.5) is 14.5 Å². The molecule has 6 nitrogen and oxygen atoms in total. The monoisotopic (exact) mass is 379 g/mol. The Labute approximate surface area is 155 Å². The largest absolute Gasteiger partial charge is 0.495 e.